The minimum atomic E-state index is 0.292. The molecule has 1 N–H and O–H groups in total. The molecule has 1 aliphatic rings. The fraction of sp³-hybridized carbons (Fsp3) is 0.208. The zero-order chi connectivity index (χ0) is 18.8. The Labute approximate surface area is 165 Å². The number of aromatic nitrogens is 2. The minimum Gasteiger partial charge on any atom is -0.367 e. The Hall–Kier alpha value is -3.11. The van der Waals surface area contributed by atoms with Gasteiger partial charge in [-0.3, -0.25) is 9.88 Å². The Kier molecular flexibility index (Phi) is 4.55. The van der Waals surface area contributed by atoms with Crippen molar-refractivity contribution < 1.29 is 0 Å². The number of pyridine rings is 1. The van der Waals surface area contributed by atoms with Crippen molar-refractivity contribution in [3.8, 4) is 0 Å². The first-order valence-electron chi connectivity index (χ1n) is 9.83. The van der Waals surface area contributed by atoms with E-state index >= 15 is 0 Å². The number of H-pyrrole nitrogens is 1. The van der Waals surface area contributed by atoms with Gasteiger partial charge in [0.05, 0.1) is 29.0 Å². The molecular weight excluding hydrogens is 344 g/mol. The molecule has 0 atom stereocenters. The van der Waals surface area contributed by atoms with E-state index in [1.807, 2.05) is 12.3 Å². The molecule has 1 radical (unpaired) electrons. The van der Waals surface area contributed by atoms with E-state index in [2.05, 4.69) is 92.7 Å². The average Bonchev–Trinajstić information content (AvgIpc) is 3.25. The van der Waals surface area contributed by atoms with Gasteiger partial charge in [-0.15, -0.1) is 0 Å². The number of benzene rings is 2. The first-order valence-corrected chi connectivity index (χ1v) is 9.83. The third-order valence-corrected chi connectivity index (χ3v) is 5.62. The van der Waals surface area contributed by atoms with Gasteiger partial charge in [-0.25, -0.2) is 0 Å². The summed E-state index contributed by atoms with van der Waals surface area (Å²) in [6.45, 7) is 4.02. The highest BCUT2D eigenvalue weighted by Gasteiger charge is 2.27. The average molecular weight is 367 g/mol. The normalized spacial score (nSPS) is 15.4. The smallest absolute Gasteiger partial charge is 0.0907 e. The van der Waals surface area contributed by atoms with E-state index in [9.17, 15) is 0 Å². The van der Waals surface area contributed by atoms with Gasteiger partial charge < -0.3 is 9.88 Å². The molecule has 0 unspecified atom stereocenters. The van der Waals surface area contributed by atoms with Crippen LogP contribution in [0.1, 0.15) is 17.2 Å². The van der Waals surface area contributed by atoms with Crippen LogP contribution in [0.3, 0.4) is 0 Å². The lowest BCUT2D eigenvalue weighted by atomic mass is 9.96. The van der Waals surface area contributed by atoms with Crippen LogP contribution >= 0.6 is 0 Å². The Morgan fingerprint density at radius 1 is 0.821 bits per heavy atom. The minimum absolute atomic E-state index is 0.292. The summed E-state index contributed by atoms with van der Waals surface area (Å²) in [5.41, 5.74) is 5.99. The van der Waals surface area contributed by atoms with Crippen molar-refractivity contribution in [2.75, 3.05) is 31.1 Å². The molecule has 0 aliphatic carbocycles. The van der Waals surface area contributed by atoms with E-state index in [1.165, 1.54) is 16.8 Å². The summed E-state index contributed by atoms with van der Waals surface area (Å²) in [6.07, 6.45) is 4.95. The van der Waals surface area contributed by atoms with Crippen LogP contribution in [0.2, 0.25) is 0 Å². The Bertz CT molecular complexity index is 994. The summed E-state index contributed by atoms with van der Waals surface area (Å²) in [5.74, 6) is 0. The fourth-order valence-electron chi connectivity index (χ4n) is 4.25. The number of hydrogen-bond acceptors (Lipinski definition) is 3. The summed E-state index contributed by atoms with van der Waals surface area (Å²) in [7, 11) is 0. The largest absolute Gasteiger partial charge is 0.367 e. The topological polar surface area (TPSA) is 35.2 Å². The van der Waals surface area contributed by atoms with E-state index in [4.69, 9.17) is 0 Å². The molecule has 4 heteroatoms. The number of nitrogens with one attached hydrogen (secondary N) is 1. The van der Waals surface area contributed by atoms with Gasteiger partial charge in [0.2, 0.25) is 0 Å². The highest BCUT2D eigenvalue weighted by molar-refractivity contribution is 5.88. The molecular formula is C24H23N4. The van der Waals surface area contributed by atoms with E-state index in [0.29, 0.717) is 6.04 Å². The van der Waals surface area contributed by atoms with Crippen molar-refractivity contribution in [1.29, 1.82) is 0 Å². The van der Waals surface area contributed by atoms with Crippen LogP contribution in [0.15, 0.2) is 79.0 Å². The Morgan fingerprint density at radius 3 is 2.11 bits per heavy atom. The van der Waals surface area contributed by atoms with Crippen LogP contribution in [0.25, 0.3) is 11.0 Å². The molecule has 1 fully saturated rings. The first-order chi connectivity index (χ1) is 13.9. The zero-order valence-electron chi connectivity index (χ0n) is 15.8. The number of piperazine rings is 1. The molecule has 0 bridgehead atoms. The zero-order valence-corrected chi connectivity index (χ0v) is 15.8. The van der Waals surface area contributed by atoms with Gasteiger partial charge >= 0.3 is 0 Å². The van der Waals surface area contributed by atoms with Crippen LogP contribution in [0.5, 0.6) is 0 Å². The van der Waals surface area contributed by atoms with Crippen LogP contribution in [0, 0.1) is 6.20 Å². The molecule has 0 saturated carbocycles. The molecule has 2 aromatic carbocycles. The number of anilines is 1. The first kappa shape index (κ1) is 17.0. The maximum atomic E-state index is 4.42. The number of rotatable bonds is 4. The van der Waals surface area contributed by atoms with Crippen molar-refractivity contribution in [2.45, 2.75) is 6.04 Å². The fourth-order valence-corrected chi connectivity index (χ4v) is 4.25. The third-order valence-electron chi connectivity index (χ3n) is 5.62. The van der Waals surface area contributed by atoms with Crippen molar-refractivity contribution in [3.63, 3.8) is 0 Å². The second-order valence-electron chi connectivity index (χ2n) is 7.25. The van der Waals surface area contributed by atoms with Crippen molar-refractivity contribution in [3.05, 3.63) is 96.3 Å². The van der Waals surface area contributed by atoms with Crippen LogP contribution in [-0.2, 0) is 0 Å². The number of nitrogens with zero attached hydrogens (tertiary/aromatic N) is 3. The molecule has 1 aliphatic heterocycles. The monoisotopic (exact) mass is 367 g/mol. The Balaban J connectivity index is 1.40. The van der Waals surface area contributed by atoms with Crippen molar-refractivity contribution in [1.82, 2.24) is 14.9 Å². The molecule has 0 spiro atoms. The maximum Gasteiger partial charge on any atom is 0.0907 e. The van der Waals surface area contributed by atoms with E-state index in [-0.39, 0.29) is 0 Å². The maximum absolute atomic E-state index is 4.42. The Morgan fingerprint density at radius 2 is 1.46 bits per heavy atom. The second kappa shape index (κ2) is 7.49. The van der Waals surface area contributed by atoms with Gasteiger partial charge in [0.25, 0.3) is 0 Å². The van der Waals surface area contributed by atoms with E-state index in [1.54, 1.807) is 0 Å². The van der Waals surface area contributed by atoms with Crippen LogP contribution in [-0.4, -0.2) is 41.0 Å². The molecule has 5 rings (SSSR count). The van der Waals surface area contributed by atoms with Gasteiger partial charge in [0.1, 0.15) is 0 Å². The van der Waals surface area contributed by atoms with Gasteiger partial charge in [-0.2, -0.15) is 0 Å². The number of hydrogen-bond donors (Lipinski definition) is 1. The molecule has 4 nitrogen and oxygen atoms in total. The lowest BCUT2D eigenvalue weighted by Gasteiger charge is -2.40. The van der Waals surface area contributed by atoms with Crippen molar-refractivity contribution >= 4 is 16.7 Å². The molecule has 1 saturated heterocycles. The summed E-state index contributed by atoms with van der Waals surface area (Å²) in [4.78, 5) is 12.7. The number of fused-ring (bicyclic) bond motifs is 1. The molecule has 28 heavy (non-hydrogen) atoms. The standard InChI is InChI=1S/C24H23N4/c1-3-7-19(8-4-1)24(20-9-5-2-6-10-20)28-17-15-27(16-18-28)22-12-14-25-21-11-13-26-23(21)22/h1-12,14,24,26H,15-18H2. The molecule has 4 aromatic rings. The van der Waals surface area contributed by atoms with Gasteiger partial charge in [-0.05, 0) is 23.3 Å². The molecule has 0 amide bonds. The lowest BCUT2D eigenvalue weighted by molar-refractivity contribution is 0.212. The van der Waals surface area contributed by atoms with E-state index in [0.717, 1.165) is 37.2 Å². The number of aromatic amines is 1. The second-order valence-corrected chi connectivity index (χ2v) is 7.25. The SMILES string of the molecule is [c]1cc2nccc(N3CCN(C(c4ccccc4)c4ccccc4)CC3)c2[nH]1. The lowest BCUT2D eigenvalue weighted by Crippen LogP contribution is -2.48. The quantitative estimate of drug-likeness (QED) is 0.585. The van der Waals surface area contributed by atoms with Crippen LogP contribution in [0.4, 0.5) is 5.69 Å². The summed E-state index contributed by atoms with van der Waals surface area (Å²) in [5, 5.41) is 0. The molecule has 2 aromatic heterocycles. The molecule has 139 valence electrons. The van der Waals surface area contributed by atoms with Crippen molar-refractivity contribution in [2.24, 2.45) is 0 Å². The highest BCUT2D eigenvalue weighted by atomic mass is 15.3. The summed E-state index contributed by atoms with van der Waals surface area (Å²) < 4.78 is 0. The summed E-state index contributed by atoms with van der Waals surface area (Å²) in [6, 6.07) is 26.0. The molecule has 3 heterocycles. The van der Waals surface area contributed by atoms with Gasteiger partial charge in [0, 0.05) is 32.4 Å². The van der Waals surface area contributed by atoms with Crippen LogP contribution < -0.4 is 4.90 Å². The van der Waals surface area contributed by atoms with Gasteiger partial charge in [0.15, 0.2) is 0 Å². The predicted octanol–water partition coefficient (Wildman–Crippen LogP) is 4.27. The van der Waals surface area contributed by atoms with Gasteiger partial charge in [-0.1, -0.05) is 60.7 Å². The summed E-state index contributed by atoms with van der Waals surface area (Å²) >= 11 is 0. The van der Waals surface area contributed by atoms with E-state index < -0.39 is 0 Å². The predicted molar refractivity (Wildman–Crippen MR) is 113 cm³/mol. The highest BCUT2D eigenvalue weighted by Crippen LogP contribution is 2.31. The third kappa shape index (κ3) is 3.16.